The van der Waals surface area contributed by atoms with Gasteiger partial charge in [0.2, 0.25) is 0 Å². The standard InChI is InChI=1S/C34H23BN2SSi/c1-39(2)28-16-8-6-14-25(28)36-26-19-18-21-20-10-3-5-13-24(20)37-31(21)30(26)35(23-12-9-17-29(39)33(23)36)34-32(37)22-11-4-7-15-27(22)38-34/h3-19H,1-2H3. The number of aromatic nitrogens is 1. The Morgan fingerprint density at radius 1 is 0.641 bits per heavy atom. The van der Waals surface area contributed by atoms with Gasteiger partial charge in [-0.15, -0.1) is 11.3 Å². The van der Waals surface area contributed by atoms with Gasteiger partial charge in [0.15, 0.2) is 0 Å². The lowest BCUT2D eigenvalue weighted by atomic mass is 9.36. The van der Waals surface area contributed by atoms with Gasteiger partial charge in [-0.2, -0.15) is 0 Å². The minimum Gasteiger partial charge on any atom is -0.312 e. The van der Waals surface area contributed by atoms with Gasteiger partial charge in [-0.3, -0.25) is 0 Å². The molecule has 0 fully saturated rings. The Morgan fingerprint density at radius 2 is 1.41 bits per heavy atom. The summed E-state index contributed by atoms with van der Waals surface area (Å²) in [5.41, 5.74) is 11.1. The Hall–Kier alpha value is -4.06. The Bertz CT molecular complexity index is 2240. The van der Waals surface area contributed by atoms with Gasteiger partial charge in [0.1, 0.15) is 8.07 Å². The van der Waals surface area contributed by atoms with Crippen LogP contribution in [-0.4, -0.2) is 19.4 Å². The zero-order valence-electron chi connectivity index (χ0n) is 21.7. The molecule has 0 spiro atoms. The molecule has 0 radical (unpaired) electrons. The molecule has 3 aliphatic heterocycles. The summed E-state index contributed by atoms with van der Waals surface area (Å²) in [5, 5.41) is 7.14. The molecule has 0 aliphatic carbocycles. The van der Waals surface area contributed by atoms with Crippen LogP contribution in [-0.2, 0) is 0 Å². The summed E-state index contributed by atoms with van der Waals surface area (Å²) < 4.78 is 5.44. The first-order chi connectivity index (χ1) is 19.1. The van der Waals surface area contributed by atoms with Crippen molar-refractivity contribution in [2.75, 3.05) is 4.90 Å². The van der Waals surface area contributed by atoms with Crippen molar-refractivity contribution in [2.45, 2.75) is 13.1 Å². The average Bonchev–Trinajstić information content (AvgIpc) is 3.51. The van der Waals surface area contributed by atoms with Crippen molar-refractivity contribution in [3.8, 4) is 5.69 Å². The summed E-state index contributed by atoms with van der Waals surface area (Å²) in [6.07, 6.45) is 0. The molecule has 0 saturated carbocycles. The van der Waals surface area contributed by atoms with Crippen molar-refractivity contribution >= 4 is 101 Å². The third kappa shape index (κ3) is 2.25. The minimum absolute atomic E-state index is 0.231. The van der Waals surface area contributed by atoms with Gasteiger partial charge >= 0.3 is 0 Å². The molecular formula is C34H23BN2SSi. The van der Waals surface area contributed by atoms with E-state index in [0.717, 1.165) is 0 Å². The summed E-state index contributed by atoms with van der Waals surface area (Å²) in [4.78, 5) is 2.61. The molecular weight excluding hydrogens is 507 g/mol. The summed E-state index contributed by atoms with van der Waals surface area (Å²) >= 11 is 1.99. The maximum atomic E-state index is 2.61. The molecule has 5 heterocycles. The van der Waals surface area contributed by atoms with Crippen molar-refractivity contribution in [1.29, 1.82) is 0 Å². The van der Waals surface area contributed by atoms with Gasteiger partial charge in [-0.05, 0) is 45.6 Å². The van der Waals surface area contributed by atoms with Gasteiger partial charge < -0.3 is 9.47 Å². The number of thiophene rings is 1. The first kappa shape index (κ1) is 20.8. The van der Waals surface area contributed by atoms with E-state index in [1.165, 1.54) is 75.5 Å². The van der Waals surface area contributed by atoms with E-state index in [1.807, 2.05) is 11.3 Å². The number of para-hydroxylation sites is 3. The molecule has 0 atom stereocenters. The van der Waals surface area contributed by atoms with E-state index in [-0.39, 0.29) is 6.71 Å². The van der Waals surface area contributed by atoms with Crippen LogP contribution in [0.3, 0.4) is 0 Å². The second kappa shape index (κ2) is 6.74. The lowest BCUT2D eigenvalue weighted by molar-refractivity contribution is 1.21. The van der Waals surface area contributed by atoms with Gasteiger partial charge in [0.05, 0.1) is 16.7 Å². The Balaban J connectivity index is 1.47. The molecule has 3 aliphatic rings. The molecule has 10 rings (SSSR count). The fourth-order valence-corrected chi connectivity index (χ4v) is 12.3. The zero-order chi connectivity index (χ0) is 25.6. The molecule has 39 heavy (non-hydrogen) atoms. The Labute approximate surface area is 231 Å². The van der Waals surface area contributed by atoms with Crippen molar-refractivity contribution in [1.82, 2.24) is 4.57 Å². The summed E-state index contributed by atoms with van der Waals surface area (Å²) in [6, 6.07) is 39.1. The molecule has 7 aromatic rings. The van der Waals surface area contributed by atoms with Gasteiger partial charge in [0.25, 0.3) is 6.71 Å². The summed E-state index contributed by atoms with van der Waals surface area (Å²) in [5.74, 6) is 0. The van der Waals surface area contributed by atoms with Crippen LogP contribution in [0.1, 0.15) is 0 Å². The molecule has 0 unspecified atom stereocenters. The molecule has 0 bridgehead atoms. The first-order valence-corrected chi connectivity index (χ1v) is 17.6. The summed E-state index contributed by atoms with van der Waals surface area (Å²) in [6.45, 7) is 5.29. The van der Waals surface area contributed by atoms with Crippen LogP contribution in [0.2, 0.25) is 13.1 Å². The zero-order valence-corrected chi connectivity index (χ0v) is 23.5. The number of benzene rings is 5. The van der Waals surface area contributed by atoms with E-state index in [9.17, 15) is 0 Å². The van der Waals surface area contributed by atoms with Gasteiger partial charge in [-0.1, -0.05) is 92.0 Å². The number of nitrogens with zero attached hydrogens (tertiary/aromatic N) is 2. The quantitative estimate of drug-likeness (QED) is 0.227. The predicted octanol–water partition coefficient (Wildman–Crippen LogP) is 5.75. The highest BCUT2D eigenvalue weighted by Gasteiger charge is 2.48. The van der Waals surface area contributed by atoms with Crippen LogP contribution in [0.15, 0.2) is 103 Å². The normalized spacial score (nSPS) is 15.5. The molecule has 5 aromatic carbocycles. The molecule has 0 N–H and O–H groups in total. The van der Waals surface area contributed by atoms with Crippen LogP contribution < -0.4 is 31.0 Å². The molecule has 182 valence electrons. The Morgan fingerprint density at radius 3 is 2.33 bits per heavy atom. The summed E-state index contributed by atoms with van der Waals surface area (Å²) in [7, 11) is -1.88. The number of fused-ring (bicyclic) bond motifs is 12. The average molecular weight is 531 g/mol. The van der Waals surface area contributed by atoms with Crippen molar-refractivity contribution in [3.63, 3.8) is 0 Å². The number of anilines is 3. The van der Waals surface area contributed by atoms with E-state index in [0.29, 0.717) is 0 Å². The van der Waals surface area contributed by atoms with Crippen LogP contribution in [0, 0.1) is 0 Å². The smallest absolute Gasteiger partial charge is 0.264 e. The predicted molar refractivity (Wildman–Crippen MR) is 172 cm³/mol. The molecule has 2 nitrogen and oxygen atoms in total. The van der Waals surface area contributed by atoms with E-state index in [1.54, 1.807) is 5.19 Å². The lowest BCUT2D eigenvalue weighted by Crippen LogP contribution is -2.66. The van der Waals surface area contributed by atoms with Crippen molar-refractivity contribution in [2.24, 2.45) is 0 Å². The number of hydrogen-bond donors (Lipinski definition) is 0. The molecule has 5 heteroatoms. The third-order valence-electron chi connectivity index (χ3n) is 9.56. The second-order valence-electron chi connectivity index (χ2n) is 11.7. The molecule has 0 saturated heterocycles. The number of rotatable bonds is 0. The van der Waals surface area contributed by atoms with E-state index in [4.69, 9.17) is 0 Å². The highest BCUT2D eigenvalue weighted by Crippen LogP contribution is 2.45. The van der Waals surface area contributed by atoms with Crippen molar-refractivity contribution < 1.29 is 0 Å². The first-order valence-electron chi connectivity index (χ1n) is 13.8. The molecule has 0 amide bonds. The fraction of sp³-hybridized carbons (Fsp3) is 0.0588. The maximum Gasteiger partial charge on any atom is 0.264 e. The van der Waals surface area contributed by atoms with Crippen LogP contribution >= 0.6 is 11.3 Å². The van der Waals surface area contributed by atoms with Gasteiger partial charge in [0, 0.05) is 42.7 Å². The van der Waals surface area contributed by atoms with Crippen molar-refractivity contribution in [3.05, 3.63) is 103 Å². The largest absolute Gasteiger partial charge is 0.312 e. The number of hydrogen-bond acceptors (Lipinski definition) is 2. The third-order valence-corrected chi connectivity index (χ3v) is 14.3. The molecule has 2 aromatic heterocycles. The van der Waals surface area contributed by atoms with Crippen LogP contribution in [0.25, 0.3) is 37.6 Å². The minimum atomic E-state index is -1.88. The fourth-order valence-electron chi connectivity index (χ4n) is 7.95. The highest BCUT2D eigenvalue weighted by atomic mass is 32.1. The topological polar surface area (TPSA) is 8.17 Å². The SMILES string of the molecule is C[Si]1(C)c2ccccc2N2c3ccc4c5ccccc5n5c4c3B(c3cccc1c32)c1sc2ccccc2c1-5. The Kier molecular flexibility index (Phi) is 3.60. The maximum absolute atomic E-state index is 2.61. The van der Waals surface area contributed by atoms with Gasteiger partial charge in [-0.25, -0.2) is 0 Å². The van der Waals surface area contributed by atoms with E-state index < -0.39 is 8.07 Å². The monoisotopic (exact) mass is 530 g/mol. The lowest BCUT2D eigenvalue weighted by Gasteiger charge is -2.47. The second-order valence-corrected chi connectivity index (χ2v) is 17.1. The highest BCUT2D eigenvalue weighted by molar-refractivity contribution is 7.33. The van der Waals surface area contributed by atoms with Crippen LogP contribution in [0.4, 0.5) is 17.1 Å². The van der Waals surface area contributed by atoms with Crippen LogP contribution in [0.5, 0.6) is 0 Å². The van der Waals surface area contributed by atoms with E-state index >= 15 is 0 Å². The van der Waals surface area contributed by atoms with E-state index in [2.05, 4.69) is 126 Å².